The number of hydrogen-bond donors (Lipinski definition) is 0. The molecule has 0 saturated carbocycles. The van der Waals surface area contributed by atoms with Crippen LogP contribution in [0.1, 0.15) is 40.2 Å². The molecule has 1 aliphatic heterocycles. The molecule has 0 radical (unpaired) electrons. The molecule has 0 aliphatic carbocycles. The van der Waals surface area contributed by atoms with Gasteiger partial charge in [0.25, 0.3) is 0 Å². The lowest BCUT2D eigenvalue weighted by Crippen LogP contribution is -2.31. The third-order valence-corrected chi connectivity index (χ3v) is 3.75. The molecule has 1 unspecified atom stereocenters. The highest BCUT2D eigenvalue weighted by molar-refractivity contribution is 9.10. The van der Waals surface area contributed by atoms with Crippen molar-refractivity contribution in [3.8, 4) is 0 Å². The molecule has 0 amide bonds. The molecule has 0 spiro atoms. The lowest BCUT2D eigenvalue weighted by Gasteiger charge is -2.25. The van der Waals surface area contributed by atoms with Crippen LogP contribution < -0.4 is 0 Å². The number of aromatic nitrogens is 2. The lowest BCUT2D eigenvalue weighted by atomic mass is 9.95. The summed E-state index contributed by atoms with van der Waals surface area (Å²) in [5, 5.41) is 14.9. The van der Waals surface area contributed by atoms with Crippen LogP contribution in [0.2, 0.25) is 0 Å². The molecule has 6 nitrogen and oxygen atoms in total. The van der Waals surface area contributed by atoms with Gasteiger partial charge >= 0.3 is 5.82 Å². The second-order valence-electron chi connectivity index (χ2n) is 5.72. The Bertz CT molecular complexity index is 496. The van der Waals surface area contributed by atoms with E-state index in [9.17, 15) is 10.1 Å². The van der Waals surface area contributed by atoms with Gasteiger partial charge in [-0.15, -0.1) is 0 Å². The van der Waals surface area contributed by atoms with Crippen molar-refractivity contribution >= 4 is 21.7 Å². The highest BCUT2D eigenvalue weighted by Crippen LogP contribution is 2.45. The van der Waals surface area contributed by atoms with Crippen molar-refractivity contribution in [1.29, 1.82) is 0 Å². The predicted molar refractivity (Wildman–Crippen MR) is 69.5 cm³/mol. The molecule has 1 saturated heterocycles. The Balaban J connectivity index is 2.38. The van der Waals surface area contributed by atoms with E-state index >= 15 is 0 Å². The number of rotatable bonds is 2. The maximum Gasteiger partial charge on any atom is 0.404 e. The summed E-state index contributed by atoms with van der Waals surface area (Å²) in [5.41, 5.74) is -0.649. The molecular weight excluding hydrogens is 302 g/mol. The van der Waals surface area contributed by atoms with Crippen molar-refractivity contribution in [2.45, 2.75) is 51.4 Å². The Morgan fingerprint density at radius 3 is 2.56 bits per heavy atom. The van der Waals surface area contributed by atoms with Gasteiger partial charge in [0.2, 0.25) is 0 Å². The molecular formula is C11H16BrN3O3. The minimum atomic E-state index is -0.492. The summed E-state index contributed by atoms with van der Waals surface area (Å²) in [6, 6.07) is -0.0162. The van der Waals surface area contributed by atoms with Gasteiger partial charge in [0.1, 0.15) is 10.5 Å². The fourth-order valence-corrected chi connectivity index (χ4v) is 3.02. The molecule has 7 heteroatoms. The molecule has 0 N–H and O–H groups in total. The van der Waals surface area contributed by atoms with Crippen LogP contribution in [-0.2, 0) is 4.74 Å². The number of halogens is 1. The van der Waals surface area contributed by atoms with Crippen LogP contribution >= 0.6 is 15.9 Å². The summed E-state index contributed by atoms with van der Waals surface area (Å²) < 4.78 is 8.00. The highest BCUT2D eigenvalue weighted by Gasteiger charge is 2.48. The van der Waals surface area contributed by atoms with Gasteiger partial charge in [0, 0.05) is 6.42 Å². The second-order valence-corrected chi connectivity index (χ2v) is 6.58. The Morgan fingerprint density at radius 2 is 2.17 bits per heavy atom. The Hall–Kier alpha value is -0.950. The molecule has 1 fully saturated rings. The summed E-state index contributed by atoms with van der Waals surface area (Å²) >= 11 is 3.17. The maximum atomic E-state index is 10.8. The first-order chi connectivity index (χ1) is 8.12. The third kappa shape index (κ3) is 2.29. The van der Waals surface area contributed by atoms with E-state index in [2.05, 4.69) is 21.0 Å². The minimum absolute atomic E-state index is 0.0162. The van der Waals surface area contributed by atoms with E-state index in [4.69, 9.17) is 4.74 Å². The summed E-state index contributed by atoms with van der Waals surface area (Å²) in [5.74, 6) is -0.157. The van der Waals surface area contributed by atoms with Crippen LogP contribution in [0.4, 0.5) is 5.82 Å². The van der Waals surface area contributed by atoms with Gasteiger partial charge in [0.15, 0.2) is 0 Å². The van der Waals surface area contributed by atoms with E-state index in [0.29, 0.717) is 4.47 Å². The maximum absolute atomic E-state index is 10.8. The first-order valence-corrected chi connectivity index (χ1v) is 6.51. The molecule has 18 heavy (non-hydrogen) atoms. The van der Waals surface area contributed by atoms with E-state index in [0.717, 1.165) is 6.42 Å². The molecule has 0 aromatic carbocycles. The number of ether oxygens (including phenoxy) is 1. The number of hydrogen-bond acceptors (Lipinski definition) is 4. The van der Waals surface area contributed by atoms with Gasteiger partial charge in [-0.2, -0.15) is 4.68 Å². The Morgan fingerprint density at radius 1 is 1.56 bits per heavy atom. The van der Waals surface area contributed by atoms with Crippen LogP contribution in [-0.4, -0.2) is 25.9 Å². The van der Waals surface area contributed by atoms with Gasteiger partial charge < -0.3 is 14.9 Å². The van der Waals surface area contributed by atoms with Crippen LogP contribution in [0.25, 0.3) is 0 Å². The van der Waals surface area contributed by atoms with E-state index in [1.54, 1.807) is 10.9 Å². The first-order valence-electron chi connectivity index (χ1n) is 5.72. The van der Waals surface area contributed by atoms with Gasteiger partial charge in [-0.05, 0) is 48.5 Å². The zero-order chi connectivity index (χ0) is 13.7. The quantitative estimate of drug-likeness (QED) is 0.621. The second kappa shape index (κ2) is 4.03. The lowest BCUT2D eigenvalue weighted by molar-refractivity contribution is -0.390. The highest BCUT2D eigenvalue weighted by atomic mass is 79.9. The summed E-state index contributed by atoms with van der Waals surface area (Å²) in [6.07, 6.45) is 2.42. The largest absolute Gasteiger partial charge is 0.404 e. The van der Waals surface area contributed by atoms with Gasteiger partial charge in [-0.3, -0.25) is 0 Å². The van der Waals surface area contributed by atoms with Crippen molar-refractivity contribution in [2.24, 2.45) is 0 Å². The molecule has 100 valence electrons. The molecule has 1 atom stereocenters. The minimum Gasteiger partial charge on any atom is -0.367 e. The van der Waals surface area contributed by atoms with Crippen molar-refractivity contribution in [1.82, 2.24) is 9.78 Å². The van der Waals surface area contributed by atoms with E-state index < -0.39 is 10.5 Å². The molecule has 1 aliphatic rings. The molecule has 1 aromatic heterocycles. The van der Waals surface area contributed by atoms with Crippen molar-refractivity contribution in [2.75, 3.05) is 0 Å². The third-order valence-electron chi connectivity index (χ3n) is 3.19. The zero-order valence-electron chi connectivity index (χ0n) is 10.8. The first kappa shape index (κ1) is 13.5. The SMILES string of the molecule is CC1(C)CC(n2cc(Br)c([N+](=O)[O-])n2)C(C)(C)O1. The van der Waals surface area contributed by atoms with E-state index in [1.807, 2.05) is 27.7 Å². The normalized spacial score (nSPS) is 25.3. The van der Waals surface area contributed by atoms with Crippen LogP contribution in [0.5, 0.6) is 0 Å². The van der Waals surface area contributed by atoms with Crippen LogP contribution in [0.15, 0.2) is 10.7 Å². The molecule has 2 rings (SSSR count). The predicted octanol–water partition coefficient (Wildman–Crippen LogP) is 3.07. The topological polar surface area (TPSA) is 70.2 Å². The van der Waals surface area contributed by atoms with E-state index in [1.165, 1.54) is 0 Å². The average Bonchev–Trinajstić information content (AvgIpc) is 2.63. The average molecular weight is 318 g/mol. The monoisotopic (exact) mass is 317 g/mol. The van der Waals surface area contributed by atoms with Gasteiger partial charge in [0.05, 0.1) is 22.5 Å². The number of nitro groups is 1. The van der Waals surface area contributed by atoms with E-state index in [-0.39, 0.29) is 17.5 Å². The summed E-state index contributed by atoms with van der Waals surface area (Å²) in [6.45, 7) is 7.99. The zero-order valence-corrected chi connectivity index (χ0v) is 12.4. The smallest absolute Gasteiger partial charge is 0.367 e. The van der Waals surface area contributed by atoms with Crippen molar-refractivity contribution in [3.05, 3.63) is 20.8 Å². The summed E-state index contributed by atoms with van der Waals surface area (Å²) in [7, 11) is 0. The van der Waals surface area contributed by atoms with Crippen LogP contribution in [0.3, 0.4) is 0 Å². The standard InChI is InChI=1S/C11H16BrN3O3/c1-10(2)5-8(11(3,4)18-10)14-6-7(12)9(13-14)15(16)17/h6,8H,5H2,1-4H3. The Labute approximate surface area is 114 Å². The van der Waals surface area contributed by atoms with Crippen molar-refractivity contribution < 1.29 is 9.66 Å². The summed E-state index contributed by atoms with van der Waals surface area (Å²) in [4.78, 5) is 10.3. The number of nitrogens with zero attached hydrogens (tertiary/aromatic N) is 3. The van der Waals surface area contributed by atoms with Gasteiger partial charge in [-0.1, -0.05) is 0 Å². The van der Waals surface area contributed by atoms with Crippen molar-refractivity contribution in [3.63, 3.8) is 0 Å². The molecule has 0 bridgehead atoms. The fraction of sp³-hybridized carbons (Fsp3) is 0.727. The van der Waals surface area contributed by atoms with Crippen LogP contribution in [0, 0.1) is 10.1 Å². The molecule has 1 aromatic rings. The fourth-order valence-electron chi connectivity index (χ4n) is 2.59. The molecule has 2 heterocycles. The Kier molecular flexibility index (Phi) is 3.02. The van der Waals surface area contributed by atoms with Gasteiger partial charge in [-0.25, -0.2) is 0 Å².